The van der Waals surface area contributed by atoms with Crippen molar-refractivity contribution < 1.29 is 19.5 Å². The minimum absolute atomic E-state index is 0. The van der Waals surface area contributed by atoms with Crippen molar-refractivity contribution in [1.29, 1.82) is 0 Å². The van der Waals surface area contributed by atoms with E-state index in [2.05, 4.69) is 12.1 Å². The van der Waals surface area contributed by atoms with E-state index in [0.717, 1.165) is 0 Å². The molecule has 0 amide bonds. The van der Waals surface area contributed by atoms with Crippen molar-refractivity contribution in [1.82, 2.24) is 0 Å². The van der Waals surface area contributed by atoms with Crippen LogP contribution in [0.15, 0.2) is 60.7 Å². The molecule has 0 bridgehead atoms. The van der Waals surface area contributed by atoms with Gasteiger partial charge in [0.25, 0.3) is 0 Å². The smallest absolute Gasteiger partial charge is 0 e. The van der Waals surface area contributed by atoms with Gasteiger partial charge in [-0.3, -0.25) is 0 Å². The molecule has 2 heteroatoms. The van der Waals surface area contributed by atoms with Crippen LogP contribution in [0.3, 0.4) is 0 Å². The molecule has 0 aliphatic carbocycles. The van der Waals surface area contributed by atoms with Crippen LogP contribution in [-0.4, -0.2) is 0 Å². The van der Waals surface area contributed by atoms with Crippen molar-refractivity contribution in [2.75, 3.05) is 0 Å². The molecule has 0 fully saturated rings. The van der Waals surface area contributed by atoms with Crippen molar-refractivity contribution in [3.63, 3.8) is 0 Å². The second-order valence-corrected chi connectivity index (χ2v) is 2.15. The summed E-state index contributed by atoms with van der Waals surface area (Å²) >= 11 is 0. The van der Waals surface area contributed by atoms with E-state index in [1.165, 1.54) is 0 Å². The third-order valence-electron chi connectivity index (χ3n) is 1.21. The van der Waals surface area contributed by atoms with Crippen LogP contribution in [-0.2, 0) is 19.5 Å². The van der Waals surface area contributed by atoms with Crippen molar-refractivity contribution >= 4 is 0 Å². The van der Waals surface area contributed by atoms with Crippen LogP contribution in [0.2, 0.25) is 0 Å². The van der Waals surface area contributed by atoms with Gasteiger partial charge in [0.05, 0.1) is 0 Å². The van der Waals surface area contributed by atoms with Crippen LogP contribution in [0, 0.1) is 12.1 Å². The van der Waals surface area contributed by atoms with Crippen LogP contribution in [0.4, 0.5) is 0 Å². The number of hydrogen-bond acceptors (Lipinski definition) is 0. The third kappa shape index (κ3) is 9.11. The first kappa shape index (κ1) is 15.5. The monoisotopic (exact) mass is 234 g/mol. The molecular weight excluding hydrogens is 224 g/mol. The molecule has 0 radical (unpaired) electrons. The van der Waals surface area contributed by atoms with Crippen LogP contribution >= 0.6 is 0 Å². The summed E-state index contributed by atoms with van der Waals surface area (Å²) in [4.78, 5) is 0. The van der Waals surface area contributed by atoms with Gasteiger partial charge in [-0.2, -0.15) is 72.8 Å². The first-order chi connectivity index (χ1) is 6.00. The largest absolute Gasteiger partial charge is 0.693 e. The van der Waals surface area contributed by atoms with Gasteiger partial charge < -0.3 is 6.15 Å². The molecule has 2 rings (SSSR count). The van der Waals surface area contributed by atoms with E-state index in [-0.39, 0.29) is 25.6 Å². The number of benzene rings is 2. The Morgan fingerprint density at radius 1 is 0.500 bits per heavy atom. The van der Waals surface area contributed by atoms with E-state index in [1.807, 2.05) is 60.7 Å². The van der Waals surface area contributed by atoms with Gasteiger partial charge in [0.15, 0.2) is 0 Å². The quantitative estimate of drug-likeness (QED) is 0.493. The van der Waals surface area contributed by atoms with Gasteiger partial charge in [0, 0.05) is 19.5 Å². The van der Waals surface area contributed by atoms with E-state index < -0.39 is 0 Å². The van der Waals surface area contributed by atoms with E-state index >= 15 is 0 Å². The van der Waals surface area contributed by atoms with Crippen LogP contribution in [0.5, 0.6) is 0 Å². The molecule has 0 saturated heterocycles. The third-order valence-corrected chi connectivity index (χ3v) is 1.21. The van der Waals surface area contributed by atoms with E-state index in [9.17, 15) is 0 Å². The van der Waals surface area contributed by atoms with Gasteiger partial charge in [0.2, 0.25) is 0 Å². The summed E-state index contributed by atoms with van der Waals surface area (Å²) in [5.41, 5.74) is 0. The van der Waals surface area contributed by atoms with Crippen molar-refractivity contribution in [3.05, 3.63) is 78.9 Å². The Hall–Kier alpha value is -0.977. The molecule has 0 unspecified atom stereocenters. The van der Waals surface area contributed by atoms with Crippen LogP contribution < -0.4 is 0 Å². The molecule has 2 N–H and O–H groups in total. The Kier molecular flexibility index (Phi) is 13.3. The molecule has 2 aromatic carbocycles. The van der Waals surface area contributed by atoms with Gasteiger partial charge in [-0.25, -0.2) is 0 Å². The Labute approximate surface area is 98.5 Å². The molecule has 14 heavy (non-hydrogen) atoms. The molecule has 2 aromatic rings. The summed E-state index contributed by atoms with van der Waals surface area (Å²) < 4.78 is 0. The van der Waals surface area contributed by atoms with E-state index in [4.69, 9.17) is 0 Å². The summed E-state index contributed by atoms with van der Waals surface area (Å²) in [7, 11) is 0. The Morgan fingerprint density at radius 2 is 0.786 bits per heavy atom. The summed E-state index contributed by atoms with van der Waals surface area (Å²) in [5.74, 6) is 0. The zero-order valence-corrected chi connectivity index (χ0v) is 11.0. The van der Waals surface area contributed by atoms with Gasteiger partial charge in [0.1, 0.15) is 0 Å². The van der Waals surface area contributed by atoms with Crippen LogP contribution in [0.25, 0.3) is 6.15 Å². The SMILES string of the molecule is [NH2-].[Zn].[c-]1ccccc1.[c-]1ccccc1. The second kappa shape index (κ2) is 12.0. The molecular formula is C12H12NZn-3. The molecule has 70 valence electrons. The van der Waals surface area contributed by atoms with Gasteiger partial charge in [-0.15, -0.1) is 0 Å². The summed E-state index contributed by atoms with van der Waals surface area (Å²) in [6, 6.07) is 25.0. The Balaban J connectivity index is 0. The summed E-state index contributed by atoms with van der Waals surface area (Å²) in [5, 5.41) is 0. The van der Waals surface area contributed by atoms with Crippen molar-refractivity contribution in [3.8, 4) is 0 Å². The van der Waals surface area contributed by atoms with Gasteiger partial charge in [-0.1, -0.05) is 0 Å². The topological polar surface area (TPSA) is 33.5 Å². The normalized spacial score (nSPS) is 6.86. The fraction of sp³-hybridized carbons (Fsp3) is 0. The van der Waals surface area contributed by atoms with Gasteiger partial charge in [-0.05, 0) is 0 Å². The predicted octanol–water partition coefficient (Wildman–Crippen LogP) is 3.69. The maximum atomic E-state index is 2.89. The zero-order chi connectivity index (χ0) is 8.49. The van der Waals surface area contributed by atoms with Gasteiger partial charge >= 0.3 is 0 Å². The Morgan fingerprint density at radius 3 is 0.857 bits per heavy atom. The minimum atomic E-state index is 0. The van der Waals surface area contributed by atoms with E-state index in [1.54, 1.807) is 0 Å². The maximum absolute atomic E-state index is 2.89. The zero-order valence-electron chi connectivity index (χ0n) is 8.06. The fourth-order valence-electron chi connectivity index (χ4n) is 0.684. The molecule has 0 aromatic heterocycles. The summed E-state index contributed by atoms with van der Waals surface area (Å²) in [6.07, 6.45) is 0. The second-order valence-electron chi connectivity index (χ2n) is 2.15. The van der Waals surface area contributed by atoms with E-state index in [0.29, 0.717) is 0 Å². The molecule has 0 aliphatic heterocycles. The molecule has 0 atom stereocenters. The molecule has 1 nitrogen and oxygen atoms in total. The number of rotatable bonds is 0. The summed E-state index contributed by atoms with van der Waals surface area (Å²) in [6.45, 7) is 0. The number of hydrogen-bond donors (Lipinski definition) is 0. The maximum Gasteiger partial charge on any atom is 0 e. The first-order valence-electron chi connectivity index (χ1n) is 3.82. The predicted molar refractivity (Wildman–Crippen MR) is 55.8 cm³/mol. The molecule has 0 heterocycles. The van der Waals surface area contributed by atoms with Crippen molar-refractivity contribution in [2.45, 2.75) is 0 Å². The van der Waals surface area contributed by atoms with Crippen molar-refractivity contribution in [2.24, 2.45) is 0 Å². The number of nitrogens with two attached hydrogens (primary N) is 1. The average Bonchev–Trinajstić information content (AvgIpc) is 2.24. The molecule has 0 saturated carbocycles. The molecule has 0 aliphatic rings. The standard InChI is InChI=1S/2C6H5.H2N.Zn/c2*1-2-4-6-5-3-1;;/h2*1-5H;1H2;/q3*-1;. The molecule has 0 spiro atoms. The first-order valence-corrected chi connectivity index (χ1v) is 3.82. The average molecular weight is 236 g/mol. The Bertz CT molecular complexity index is 186. The van der Waals surface area contributed by atoms with Crippen LogP contribution in [0.1, 0.15) is 0 Å². The fourth-order valence-corrected chi connectivity index (χ4v) is 0.684. The minimum Gasteiger partial charge on any atom is -0.693 e.